The molecular weight excluding hydrogens is 394 g/mol. The molecule has 0 unspecified atom stereocenters. The van der Waals surface area contributed by atoms with Gasteiger partial charge in [-0.25, -0.2) is 0 Å². The van der Waals surface area contributed by atoms with Crippen LogP contribution in [0.25, 0.3) is 0 Å². The third-order valence-corrected chi connectivity index (χ3v) is 3.09. The minimum atomic E-state index is -0.407. The molecule has 0 radical (unpaired) electrons. The molecule has 0 amide bonds. The number of carbonyl (C=O) groups is 1. The number of halogens is 2. The minimum absolute atomic E-state index is 0. The fourth-order valence-electron chi connectivity index (χ4n) is 1.47. The number of carbonyl (C=O) groups excluding carboxylic acids is 1. The Hall–Kier alpha value is -1.21. The fraction of sp³-hybridized carbons (Fsp3) is 0.0500. The van der Waals surface area contributed by atoms with E-state index in [1.54, 1.807) is 48.5 Å². The first-order valence-electron chi connectivity index (χ1n) is 7.31. The molecule has 4 nitrogen and oxygen atoms in total. The summed E-state index contributed by atoms with van der Waals surface area (Å²) in [5.74, 6) is 8.00. The molecule has 27 heavy (non-hydrogen) atoms. The molecule has 3 rings (SSSR count). The molecule has 3 aromatic rings. The van der Waals surface area contributed by atoms with Gasteiger partial charge < -0.3 is 5.48 Å². The van der Waals surface area contributed by atoms with Gasteiger partial charge in [0.2, 0.25) is 0 Å². The van der Waals surface area contributed by atoms with Gasteiger partial charge in [-0.1, -0.05) is 71.2 Å². The van der Waals surface area contributed by atoms with Gasteiger partial charge >= 0.3 is 29.6 Å². The van der Waals surface area contributed by atoms with Crippen molar-refractivity contribution in [2.45, 2.75) is 6.92 Å². The number of hydrazine groups is 1. The zero-order valence-electron chi connectivity index (χ0n) is 15.4. The number of hydrogen-bond donors (Lipinski definition) is 2. The Morgan fingerprint density at radius 2 is 1.26 bits per heavy atom. The van der Waals surface area contributed by atoms with Crippen molar-refractivity contribution in [3.63, 3.8) is 0 Å². The van der Waals surface area contributed by atoms with Crippen molar-refractivity contribution in [3.05, 3.63) is 107 Å². The zero-order chi connectivity index (χ0) is 18.9. The van der Waals surface area contributed by atoms with E-state index in [-0.39, 0.29) is 35.0 Å². The summed E-state index contributed by atoms with van der Waals surface area (Å²) in [4.78, 5) is 10.4. The third-order valence-electron chi connectivity index (χ3n) is 2.62. The van der Waals surface area contributed by atoms with Crippen molar-refractivity contribution in [2.75, 3.05) is 0 Å². The van der Waals surface area contributed by atoms with Crippen LogP contribution in [-0.4, -0.2) is 10.7 Å². The van der Waals surface area contributed by atoms with E-state index in [0.29, 0.717) is 5.56 Å². The predicted molar refractivity (Wildman–Crippen MR) is 110 cm³/mol. The van der Waals surface area contributed by atoms with Crippen LogP contribution in [0.15, 0.2) is 84.9 Å². The van der Waals surface area contributed by atoms with Gasteiger partial charge in [0.25, 0.3) is 5.24 Å². The Bertz CT molecular complexity index is 651. The fourth-order valence-corrected chi connectivity index (χ4v) is 1.72. The van der Waals surface area contributed by atoms with E-state index in [1.165, 1.54) is 5.56 Å². The van der Waals surface area contributed by atoms with E-state index in [2.05, 4.69) is 36.8 Å². The number of rotatable bonds is 1. The molecule has 0 aromatic heterocycles. The normalized spacial score (nSPS) is 7.74. The van der Waals surface area contributed by atoms with E-state index in [9.17, 15) is 4.79 Å². The molecule has 0 aliphatic rings. The zero-order valence-corrected chi connectivity index (χ0v) is 18.9. The van der Waals surface area contributed by atoms with Gasteiger partial charge in [0.1, 0.15) is 0 Å². The van der Waals surface area contributed by atoms with Crippen molar-refractivity contribution in [2.24, 2.45) is 11.7 Å². The largest absolute Gasteiger partial charge is 1.00 e. The van der Waals surface area contributed by atoms with Crippen molar-refractivity contribution < 1.29 is 39.8 Å². The number of hydrogen-bond acceptors (Lipinski definition) is 3. The Labute approximate surface area is 193 Å². The summed E-state index contributed by atoms with van der Waals surface area (Å²) in [7, 11) is 0. The van der Waals surface area contributed by atoms with Crippen molar-refractivity contribution >= 4 is 28.4 Å². The Balaban J connectivity index is -0.000000298. The SMILES string of the molecule is Cc1ccccc1.Clc1cc[c-]cc1.NN.O.O=C(Cl)c1ccccc1.[Na+]. The molecule has 0 atom stereocenters. The van der Waals surface area contributed by atoms with E-state index in [1.807, 2.05) is 24.3 Å². The number of nitrogens with two attached hydrogens (primary N) is 2. The summed E-state index contributed by atoms with van der Waals surface area (Å²) in [5.41, 5.74) is 1.86. The second-order valence-electron chi connectivity index (χ2n) is 4.51. The molecule has 0 aliphatic heterocycles. The molecule has 0 heterocycles. The maximum absolute atomic E-state index is 10.4. The van der Waals surface area contributed by atoms with E-state index in [4.69, 9.17) is 23.2 Å². The molecule has 0 fully saturated rings. The van der Waals surface area contributed by atoms with Crippen molar-refractivity contribution in [3.8, 4) is 0 Å². The summed E-state index contributed by atoms with van der Waals surface area (Å²) in [5, 5.41) is 0.356. The first-order chi connectivity index (χ1) is 12.1. The van der Waals surface area contributed by atoms with Crippen LogP contribution in [0.1, 0.15) is 15.9 Å². The molecule has 7 heteroatoms. The molecule has 3 aromatic carbocycles. The van der Waals surface area contributed by atoms with Gasteiger partial charge in [0.15, 0.2) is 0 Å². The second-order valence-corrected chi connectivity index (χ2v) is 5.29. The second kappa shape index (κ2) is 21.1. The Kier molecular flexibility index (Phi) is 23.8. The number of benzene rings is 3. The Morgan fingerprint density at radius 1 is 0.852 bits per heavy atom. The van der Waals surface area contributed by atoms with Crippen LogP contribution in [0.3, 0.4) is 0 Å². The average molecular weight is 417 g/mol. The van der Waals surface area contributed by atoms with Crippen LogP contribution in [0.2, 0.25) is 5.02 Å². The molecule has 0 aliphatic carbocycles. The maximum Gasteiger partial charge on any atom is 1.00 e. The topological polar surface area (TPSA) is 101 Å². The monoisotopic (exact) mass is 416 g/mol. The molecule has 140 valence electrons. The van der Waals surface area contributed by atoms with Gasteiger partial charge in [-0.2, -0.15) is 30.3 Å². The van der Waals surface area contributed by atoms with E-state index >= 15 is 0 Å². The van der Waals surface area contributed by atoms with Crippen LogP contribution in [0, 0.1) is 13.0 Å². The summed E-state index contributed by atoms with van der Waals surface area (Å²) < 4.78 is 0. The van der Waals surface area contributed by atoms with Gasteiger partial charge in [-0.05, 0) is 18.5 Å². The molecule has 0 saturated heterocycles. The van der Waals surface area contributed by atoms with Crippen molar-refractivity contribution in [1.82, 2.24) is 0 Å². The van der Waals surface area contributed by atoms with E-state index < -0.39 is 5.24 Å². The molecule has 0 spiro atoms. The third kappa shape index (κ3) is 17.9. The average Bonchev–Trinajstić information content (AvgIpc) is 2.66. The minimum Gasteiger partial charge on any atom is -0.412 e. The van der Waals surface area contributed by atoms with Gasteiger partial charge in [0.05, 0.1) is 0 Å². The van der Waals surface area contributed by atoms with Gasteiger partial charge in [-0.3, -0.25) is 16.5 Å². The first-order valence-corrected chi connectivity index (χ1v) is 8.06. The first kappa shape index (κ1) is 30.5. The van der Waals surface area contributed by atoms with E-state index in [0.717, 1.165) is 5.02 Å². The molecule has 6 N–H and O–H groups in total. The van der Waals surface area contributed by atoms with Crippen LogP contribution >= 0.6 is 23.2 Å². The van der Waals surface area contributed by atoms with Crippen LogP contribution < -0.4 is 41.2 Å². The standard InChI is InChI=1S/C7H5ClO.C7H8.C6H4Cl.H4N2.Na.H2O/c8-7(9)6-4-2-1-3-5-6;1-7-5-3-2-4-6-7;7-6-4-2-1-3-5-6;1-2;;/h1-5H;2-6H,1H3;2-5H;1-2H2;;1H2/q;;-1;;+1;. The smallest absolute Gasteiger partial charge is 0.412 e. The predicted octanol–water partition coefficient (Wildman–Crippen LogP) is 1.20. The van der Waals surface area contributed by atoms with Gasteiger partial charge in [-0.15, -0.1) is 11.6 Å². The van der Waals surface area contributed by atoms with Crippen molar-refractivity contribution in [1.29, 1.82) is 0 Å². The van der Waals surface area contributed by atoms with Crippen LogP contribution in [-0.2, 0) is 0 Å². The van der Waals surface area contributed by atoms with Gasteiger partial charge in [0, 0.05) is 5.56 Å². The number of aryl methyl sites for hydroxylation is 1. The molecular formula is C20H23Cl2N2NaO2. The molecule has 0 saturated carbocycles. The summed E-state index contributed by atoms with van der Waals surface area (Å²) in [6, 6.07) is 29.0. The van der Waals surface area contributed by atoms with Crippen LogP contribution in [0.5, 0.6) is 0 Å². The molecule has 0 bridgehead atoms. The Morgan fingerprint density at radius 3 is 1.48 bits per heavy atom. The van der Waals surface area contributed by atoms with Crippen LogP contribution in [0.4, 0.5) is 0 Å². The summed E-state index contributed by atoms with van der Waals surface area (Å²) >= 11 is 10.7. The quantitative estimate of drug-likeness (QED) is 0.205. The summed E-state index contributed by atoms with van der Waals surface area (Å²) in [6.45, 7) is 2.08. The summed E-state index contributed by atoms with van der Waals surface area (Å²) in [6.07, 6.45) is 0. The maximum atomic E-state index is 10.4.